The van der Waals surface area contributed by atoms with Gasteiger partial charge in [-0.05, 0) is 32.0 Å². The molecular formula is C17H19N3. The normalized spacial score (nSPS) is 11.4. The fourth-order valence-corrected chi connectivity index (χ4v) is 2.63. The van der Waals surface area contributed by atoms with Gasteiger partial charge in [-0.1, -0.05) is 32.0 Å². The van der Waals surface area contributed by atoms with Crippen LogP contribution in [-0.4, -0.2) is 14.5 Å². The van der Waals surface area contributed by atoms with Crippen LogP contribution in [0.5, 0.6) is 0 Å². The van der Waals surface area contributed by atoms with E-state index in [-0.39, 0.29) is 0 Å². The molecule has 0 spiro atoms. The Morgan fingerprint density at radius 1 is 1.00 bits per heavy atom. The molecule has 0 bridgehead atoms. The molecule has 0 radical (unpaired) electrons. The largest absolute Gasteiger partial charge is 0.296 e. The van der Waals surface area contributed by atoms with Crippen LogP contribution in [-0.2, 0) is 0 Å². The SMILES string of the molecule is Cc1cc2c(nc(C(C)C)n2-c2ccccc2)c(C)n1. The molecule has 20 heavy (non-hydrogen) atoms. The van der Waals surface area contributed by atoms with Crippen LogP contribution in [0.2, 0.25) is 0 Å². The molecular weight excluding hydrogens is 246 g/mol. The van der Waals surface area contributed by atoms with E-state index in [9.17, 15) is 0 Å². The van der Waals surface area contributed by atoms with Crippen molar-refractivity contribution in [2.75, 3.05) is 0 Å². The van der Waals surface area contributed by atoms with Gasteiger partial charge in [0.25, 0.3) is 0 Å². The lowest BCUT2D eigenvalue weighted by molar-refractivity contribution is 0.759. The van der Waals surface area contributed by atoms with Gasteiger partial charge >= 0.3 is 0 Å². The van der Waals surface area contributed by atoms with Crippen molar-refractivity contribution in [3.05, 3.63) is 53.6 Å². The van der Waals surface area contributed by atoms with Crippen molar-refractivity contribution in [2.45, 2.75) is 33.6 Å². The molecule has 0 amide bonds. The highest BCUT2D eigenvalue weighted by atomic mass is 15.1. The number of nitrogens with zero attached hydrogens (tertiary/aromatic N) is 3. The average Bonchev–Trinajstić information content (AvgIpc) is 2.79. The minimum atomic E-state index is 0.363. The zero-order valence-electron chi connectivity index (χ0n) is 12.4. The summed E-state index contributed by atoms with van der Waals surface area (Å²) >= 11 is 0. The third kappa shape index (κ3) is 1.99. The fraction of sp³-hybridized carbons (Fsp3) is 0.294. The lowest BCUT2D eigenvalue weighted by Gasteiger charge is -2.11. The quantitative estimate of drug-likeness (QED) is 0.696. The zero-order valence-corrected chi connectivity index (χ0v) is 12.4. The molecule has 0 saturated heterocycles. The molecule has 0 aliphatic heterocycles. The minimum absolute atomic E-state index is 0.363. The number of fused-ring (bicyclic) bond motifs is 1. The first-order valence-electron chi connectivity index (χ1n) is 7.00. The predicted molar refractivity (Wildman–Crippen MR) is 82.4 cm³/mol. The number of hydrogen-bond acceptors (Lipinski definition) is 2. The van der Waals surface area contributed by atoms with E-state index in [1.165, 1.54) is 0 Å². The summed E-state index contributed by atoms with van der Waals surface area (Å²) in [6.45, 7) is 8.41. The van der Waals surface area contributed by atoms with Crippen molar-refractivity contribution in [3.63, 3.8) is 0 Å². The monoisotopic (exact) mass is 265 g/mol. The van der Waals surface area contributed by atoms with Crippen LogP contribution < -0.4 is 0 Å². The van der Waals surface area contributed by atoms with Crippen molar-refractivity contribution < 1.29 is 0 Å². The molecule has 0 saturated carbocycles. The molecule has 0 fully saturated rings. The Labute approximate surface area is 119 Å². The number of aromatic nitrogens is 3. The second-order valence-electron chi connectivity index (χ2n) is 5.51. The molecule has 1 aromatic carbocycles. The number of rotatable bonds is 2. The molecule has 0 atom stereocenters. The van der Waals surface area contributed by atoms with Crippen LogP contribution in [0.1, 0.15) is 37.0 Å². The molecule has 102 valence electrons. The lowest BCUT2D eigenvalue weighted by atomic mass is 10.2. The van der Waals surface area contributed by atoms with Gasteiger partial charge < -0.3 is 0 Å². The van der Waals surface area contributed by atoms with E-state index >= 15 is 0 Å². The number of hydrogen-bond donors (Lipinski definition) is 0. The summed E-state index contributed by atoms with van der Waals surface area (Å²) in [4.78, 5) is 9.36. The molecule has 2 aromatic heterocycles. The van der Waals surface area contributed by atoms with E-state index in [0.29, 0.717) is 5.92 Å². The van der Waals surface area contributed by atoms with Gasteiger partial charge in [-0.25, -0.2) is 4.98 Å². The number of para-hydroxylation sites is 1. The van der Waals surface area contributed by atoms with Crippen LogP contribution in [0, 0.1) is 13.8 Å². The van der Waals surface area contributed by atoms with E-state index in [1.54, 1.807) is 0 Å². The molecule has 3 rings (SSSR count). The molecule has 0 N–H and O–H groups in total. The number of imidazole rings is 1. The highest BCUT2D eigenvalue weighted by molar-refractivity contribution is 5.80. The Kier molecular flexibility index (Phi) is 3.05. The second kappa shape index (κ2) is 4.75. The van der Waals surface area contributed by atoms with Crippen LogP contribution in [0.25, 0.3) is 16.7 Å². The van der Waals surface area contributed by atoms with Crippen molar-refractivity contribution in [2.24, 2.45) is 0 Å². The minimum Gasteiger partial charge on any atom is -0.296 e. The summed E-state index contributed by atoms with van der Waals surface area (Å²) < 4.78 is 2.25. The average molecular weight is 265 g/mol. The Morgan fingerprint density at radius 3 is 2.35 bits per heavy atom. The first kappa shape index (κ1) is 12.9. The number of aryl methyl sites for hydroxylation is 2. The van der Waals surface area contributed by atoms with E-state index < -0.39 is 0 Å². The van der Waals surface area contributed by atoms with Gasteiger partial charge in [-0.15, -0.1) is 0 Å². The summed E-state index contributed by atoms with van der Waals surface area (Å²) in [5, 5.41) is 0. The van der Waals surface area contributed by atoms with Crippen LogP contribution in [0.4, 0.5) is 0 Å². The molecule has 0 unspecified atom stereocenters. The zero-order chi connectivity index (χ0) is 14.3. The highest BCUT2D eigenvalue weighted by Gasteiger charge is 2.17. The summed E-state index contributed by atoms with van der Waals surface area (Å²) in [5.74, 6) is 1.45. The lowest BCUT2D eigenvalue weighted by Crippen LogP contribution is -2.02. The van der Waals surface area contributed by atoms with E-state index in [1.807, 2.05) is 19.9 Å². The van der Waals surface area contributed by atoms with Crippen molar-refractivity contribution in [1.82, 2.24) is 14.5 Å². The van der Waals surface area contributed by atoms with Crippen LogP contribution >= 0.6 is 0 Å². The Morgan fingerprint density at radius 2 is 1.70 bits per heavy atom. The summed E-state index contributed by atoms with van der Waals surface area (Å²) in [5.41, 5.74) is 5.33. The first-order chi connectivity index (χ1) is 9.58. The van der Waals surface area contributed by atoms with Gasteiger partial charge in [0.2, 0.25) is 0 Å². The fourth-order valence-electron chi connectivity index (χ4n) is 2.63. The summed E-state index contributed by atoms with van der Waals surface area (Å²) in [6.07, 6.45) is 0. The van der Waals surface area contributed by atoms with E-state index in [2.05, 4.69) is 53.7 Å². The molecule has 0 aliphatic carbocycles. The topological polar surface area (TPSA) is 30.7 Å². The smallest absolute Gasteiger partial charge is 0.117 e. The van der Waals surface area contributed by atoms with E-state index in [4.69, 9.17) is 4.98 Å². The summed E-state index contributed by atoms with van der Waals surface area (Å²) in [7, 11) is 0. The molecule has 3 nitrogen and oxygen atoms in total. The molecule has 3 aromatic rings. The van der Waals surface area contributed by atoms with Crippen LogP contribution in [0.15, 0.2) is 36.4 Å². The maximum atomic E-state index is 4.83. The maximum Gasteiger partial charge on any atom is 0.117 e. The molecule has 0 aliphatic rings. The van der Waals surface area contributed by atoms with E-state index in [0.717, 1.165) is 33.9 Å². The van der Waals surface area contributed by atoms with Crippen molar-refractivity contribution in [1.29, 1.82) is 0 Å². The Hall–Kier alpha value is -2.16. The Bertz CT molecular complexity index is 755. The van der Waals surface area contributed by atoms with Gasteiger partial charge in [0.1, 0.15) is 11.3 Å². The standard InChI is InChI=1S/C17H19N3/c1-11(2)17-19-16-13(4)18-12(3)10-15(16)20(17)14-8-6-5-7-9-14/h5-11H,1-4H3. The Balaban J connectivity index is 2.41. The molecule has 3 heteroatoms. The van der Waals surface area contributed by atoms with Crippen molar-refractivity contribution >= 4 is 11.0 Å². The third-order valence-electron chi connectivity index (χ3n) is 3.50. The van der Waals surface area contributed by atoms with Crippen LogP contribution in [0.3, 0.4) is 0 Å². The van der Waals surface area contributed by atoms with Crippen molar-refractivity contribution in [3.8, 4) is 5.69 Å². The van der Waals surface area contributed by atoms with Gasteiger partial charge in [0.05, 0.1) is 11.2 Å². The second-order valence-corrected chi connectivity index (χ2v) is 5.51. The number of benzene rings is 1. The number of pyridine rings is 1. The molecule has 2 heterocycles. The maximum absolute atomic E-state index is 4.83. The summed E-state index contributed by atoms with van der Waals surface area (Å²) in [6, 6.07) is 12.5. The van der Waals surface area contributed by atoms with Gasteiger partial charge in [-0.2, -0.15) is 0 Å². The van der Waals surface area contributed by atoms with Gasteiger partial charge in [0.15, 0.2) is 0 Å². The van der Waals surface area contributed by atoms with Gasteiger partial charge in [0, 0.05) is 17.3 Å². The highest BCUT2D eigenvalue weighted by Crippen LogP contribution is 2.27. The third-order valence-corrected chi connectivity index (χ3v) is 3.50. The predicted octanol–water partition coefficient (Wildman–Crippen LogP) is 4.16. The van der Waals surface area contributed by atoms with Gasteiger partial charge in [-0.3, -0.25) is 9.55 Å². The first-order valence-corrected chi connectivity index (χ1v) is 7.00.